The molecule has 2 heteroatoms. The Balaban J connectivity index is 2.00. The molecule has 0 saturated carbocycles. The van der Waals surface area contributed by atoms with Crippen molar-refractivity contribution in [3.63, 3.8) is 0 Å². The molecule has 1 aliphatic rings. The third-order valence-electron chi connectivity index (χ3n) is 2.68. The van der Waals surface area contributed by atoms with Gasteiger partial charge in [0.25, 0.3) is 0 Å². The zero-order valence-corrected chi connectivity index (χ0v) is 8.68. The van der Waals surface area contributed by atoms with Gasteiger partial charge in [-0.1, -0.05) is 19.9 Å². The number of fused-ring (bicyclic) bond motifs is 1. The number of rotatable bonds is 3. The standard InChI is InChI=1S/C12H16FN/c1-8(2)7-14-12-5-9-3-4-10(13)6-11(9)12/h3-4,6,8,12,14H,5,7H2,1-2H3. The van der Waals surface area contributed by atoms with Crippen LogP contribution in [0.5, 0.6) is 0 Å². The van der Waals surface area contributed by atoms with Gasteiger partial charge in [-0.3, -0.25) is 0 Å². The number of nitrogens with one attached hydrogen (secondary N) is 1. The van der Waals surface area contributed by atoms with Gasteiger partial charge in [-0.25, -0.2) is 4.39 Å². The molecular weight excluding hydrogens is 177 g/mol. The van der Waals surface area contributed by atoms with Gasteiger partial charge in [0.1, 0.15) is 5.82 Å². The second-order valence-corrected chi connectivity index (χ2v) is 4.40. The Kier molecular flexibility index (Phi) is 2.55. The van der Waals surface area contributed by atoms with Gasteiger partial charge in [0.2, 0.25) is 0 Å². The summed E-state index contributed by atoms with van der Waals surface area (Å²) >= 11 is 0. The average Bonchev–Trinajstić information content (AvgIpc) is 2.10. The Morgan fingerprint density at radius 2 is 2.29 bits per heavy atom. The summed E-state index contributed by atoms with van der Waals surface area (Å²) in [5, 5.41) is 3.44. The molecule has 0 aromatic heterocycles. The molecule has 0 heterocycles. The fraction of sp³-hybridized carbons (Fsp3) is 0.500. The summed E-state index contributed by atoms with van der Waals surface area (Å²) in [6.07, 6.45) is 1.04. The molecule has 0 radical (unpaired) electrons. The fourth-order valence-corrected chi connectivity index (χ4v) is 1.83. The van der Waals surface area contributed by atoms with Crippen LogP contribution in [0, 0.1) is 11.7 Å². The van der Waals surface area contributed by atoms with Crippen LogP contribution in [0.1, 0.15) is 31.0 Å². The summed E-state index contributed by atoms with van der Waals surface area (Å²) in [5.74, 6) is 0.521. The van der Waals surface area contributed by atoms with Gasteiger partial charge in [-0.05, 0) is 42.1 Å². The Morgan fingerprint density at radius 3 is 3.00 bits per heavy atom. The van der Waals surface area contributed by atoms with Crippen LogP contribution in [-0.4, -0.2) is 6.54 Å². The first kappa shape index (κ1) is 9.66. The van der Waals surface area contributed by atoms with Crippen LogP contribution in [0.2, 0.25) is 0 Å². The minimum atomic E-state index is -0.125. The SMILES string of the molecule is CC(C)CNC1Cc2ccc(F)cc21. The molecule has 1 aromatic rings. The summed E-state index contributed by atoms with van der Waals surface area (Å²) in [7, 11) is 0. The third kappa shape index (κ3) is 1.80. The molecule has 1 nitrogen and oxygen atoms in total. The highest BCUT2D eigenvalue weighted by Gasteiger charge is 2.25. The van der Waals surface area contributed by atoms with Crippen LogP contribution in [0.4, 0.5) is 4.39 Å². The highest BCUT2D eigenvalue weighted by atomic mass is 19.1. The van der Waals surface area contributed by atoms with Gasteiger partial charge < -0.3 is 5.32 Å². The maximum Gasteiger partial charge on any atom is 0.123 e. The lowest BCUT2D eigenvalue weighted by Crippen LogP contribution is -2.33. The first-order valence-electron chi connectivity index (χ1n) is 5.18. The Bertz CT molecular complexity index is 333. The molecule has 1 unspecified atom stereocenters. The number of hydrogen-bond acceptors (Lipinski definition) is 1. The van der Waals surface area contributed by atoms with Crippen LogP contribution in [0.3, 0.4) is 0 Å². The van der Waals surface area contributed by atoms with Gasteiger partial charge in [-0.15, -0.1) is 0 Å². The largest absolute Gasteiger partial charge is 0.309 e. The molecule has 0 amide bonds. The van der Waals surface area contributed by atoms with Gasteiger partial charge in [-0.2, -0.15) is 0 Å². The van der Waals surface area contributed by atoms with Crippen molar-refractivity contribution in [2.24, 2.45) is 5.92 Å². The van der Waals surface area contributed by atoms with Crippen molar-refractivity contribution in [2.45, 2.75) is 26.3 Å². The predicted molar refractivity (Wildman–Crippen MR) is 55.7 cm³/mol. The Hall–Kier alpha value is -0.890. The van der Waals surface area contributed by atoms with E-state index in [-0.39, 0.29) is 5.82 Å². The van der Waals surface area contributed by atoms with E-state index in [9.17, 15) is 4.39 Å². The smallest absolute Gasteiger partial charge is 0.123 e. The van der Waals surface area contributed by atoms with Gasteiger partial charge in [0, 0.05) is 6.04 Å². The van der Waals surface area contributed by atoms with E-state index < -0.39 is 0 Å². The van der Waals surface area contributed by atoms with Crippen molar-refractivity contribution < 1.29 is 4.39 Å². The van der Waals surface area contributed by atoms with E-state index in [2.05, 4.69) is 19.2 Å². The summed E-state index contributed by atoms with van der Waals surface area (Å²) in [4.78, 5) is 0. The van der Waals surface area contributed by atoms with E-state index in [1.54, 1.807) is 6.07 Å². The minimum absolute atomic E-state index is 0.125. The van der Waals surface area contributed by atoms with Crippen molar-refractivity contribution in [1.29, 1.82) is 0 Å². The quantitative estimate of drug-likeness (QED) is 0.778. The van der Waals surface area contributed by atoms with E-state index >= 15 is 0 Å². The van der Waals surface area contributed by atoms with Crippen LogP contribution in [-0.2, 0) is 6.42 Å². The van der Waals surface area contributed by atoms with E-state index in [4.69, 9.17) is 0 Å². The molecule has 1 aromatic carbocycles. The summed E-state index contributed by atoms with van der Waals surface area (Å²) in [5.41, 5.74) is 2.43. The molecule has 1 N–H and O–H groups in total. The molecule has 1 atom stereocenters. The van der Waals surface area contributed by atoms with Crippen LogP contribution >= 0.6 is 0 Å². The third-order valence-corrected chi connectivity index (χ3v) is 2.68. The molecule has 76 valence electrons. The van der Waals surface area contributed by atoms with Crippen molar-refractivity contribution in [3.05, 3.63) is 35.1 Å². The van der Waals surface area contributed by atoms with E-state index in [1.165, 1.54) is 11.6 Å². The molecule has 14 heavy (non-hydrogen) atoms. The highest BCUT2D eigenvalue weighted by Crippen LogP contribution is 2.33. The predicted octanol–water partition coefficient (Wildman–Crippen LogP) is 2.67. The number of halogens is 1. The van der Waals surface area contributed by atoms with Gasteiger partial charge in [0.15, 0.2) is 0 Å². The molecule has 1 aliphatic carbocycles. The average molecular weight is 193 g/mol. The lowest BCUT2D eigenvalue weighted by Gasteiger charge is -2.31. The highest BCUT2D eigenvalue weighted by molar-refractivity contribution is 5.39. The van der Waals surface area contributed by atoms with Crippen molar-refractivity contribution in [2.75, 3.05) is 6.54 Å². The number of benzene rings is 1. The molecule has 0 spiro atoms. The maximum atomic E-state index is 12.9. The molecule has 0 bridgehead atoms. The zero-order valence-electron chi connectivity index (χ0n) is 8.68. The fourth-order valence-electron chi connectivity index (χ4n) is 1.83. The summed E-state index contributed by atoms with van der Waals surface area (Å²) in [6.45, 7) is 5.36. The molecule has 0 saturated heterocycles. The monoisotopic (exact) mass is 193 g/mol. The van der Waals surface area contributed by atoms with Crippen LogP contribution in [0.15, 0.2) is 18.2 Å². The van der Waals surface area contributed by atoms with E-state index in [0.29, 0.717) is 12.0 Å². The van der Waals surface area contributed by atoms with Crippen molar-refractivity contribution in [1.82, 2.24) is 5.32 Å². The van der Waals surface area contributed by atoms with Gasteiger partial charge >= 0.3 is 0 Å². The van der Waals surface area contributed by atoms with Crippen molar-refractivity contribution >= 4 is 0 Å². The first-order valence-corrected chi connectivity index (χ1v) is 5.18. The van der Waals surface area contributed by atoms with Crippen LogP contribution in [0.25, 0.3) is 0 Å². The van der Waals surface area contributed by atoms with E-state index in [0.717, 1.165) is 18.5 Å². The summed E-state index contributed by atoms with van der Waals surface area (Å²) in [6, 6.07) is 5.45. The molecule has 0 fully saturated rings. The Morgan fingerprint density at radius 1 is 1.50 bits per heavy atom. The van der Waals surface area contributed by atoms with Gasteiger partial charge in [0.05, 0.1) is 0 Å². The minimum Gasteiger partial charge on any atom is -0.309 e. The van der Waals surface area contributed by atoms with Crippen LogP contribution < -0.4 is 5.32 Å². The lowest BCUT2D eigenvalue weighted by atomic mass is 9.83. The molecule has 0 aliphatic heterocycles. The van der Waals surface area contributed by atoms with Crippen molar-refractivity contribution in [3.8, 4) is 0 Å². The second kappa shape index (κ2) is 3.70. The maximum absolute atomic E-state index is 12.9. The topological polar surface area (TPSA) is 12.0 Å². The normalized spacial score (nSPS) is 19.3. The number of hydrogen-bond donors (Lipinski definition) is 1. The zero-order chi connectivity index (χ0) is 10.1. The summed E-state index contributed by atoms with van der Waals surface area (Å²) < 4.78 is 12.9. The molecular formula is C12H16FN. The lowest BCUT2D eigenvalue weighted by molar-refractivity contribution is 0.436. The first-order chi connectivity index (χ1) is 6.66. The molecule has 2 rings (SSSR count). The Labute approximate surface area is 84.3 Å². The van der Waals surface area contributed by atoms with E-state index in [1.807, 2.05) is 6.07 Å². The second-order valence-electron chi connectivity index (χ2n) is 4.40.